The van der Waals surface area contributed by atoms with Gasteiger partial charge in [0.25, 0.3) is 0 Å². The third-order valence-corrected chi connectivity index (χ3v) is 1.81. The molecule has 0 unspecified atom stereocenters. The Labute approximate surface area is 75.1 Å². The molecule has 5 nitrogen and oxygen atoms in total. The number of halogens is 2. The van der Waals surface area contributed by atoms with E-state index in [9.17, 15) is 0 Å². The van der Waals surface area contributed by atoms with Crippen LogP contribution in [-0.2, 0) is 0 Å². The molecule has 0 aromatic carbocycles. The van der Waals surface area contributed by atoms with E-state index >= 15 is 0 Å². The Morgan fingerprint density at radius 3 is 2.80 bits per heavy atom. The molecule has 1 heterocycles. The summed E-state index contributed by atoms with van der Waals surface area (Å²) < 4.78 is 7.88. The minimum absolute atomic E-state index is 0.144. The number of nitrogens with zero attached hydrogens (tertiary/aromatic N) is 3. The number of nitrogen functional groups attached to an aromatic ring is 1. The fourth-order valence-corrected chi connectivity index (χ4v) is 0.738. The molecule has 0 saturated carbocycles. The van der Waals surface area contributed by atoms with E-state index in [0.29, 0.717) is 0 Å². The molecule has 1 aromatic heterocycles. The van der Waals surface area contributed by atoms with Gasteiger partial charge >= 0.3 is 0 Å². The molecule has 0 radical (unpaired) electrons. The quantitative estimate of drug-likeness (QED) is 0.611. The molecular formula is C3H2ClIN4O. The smallest absolute Gasteiger partial charge is 0.199 e. The minimum Gasteiger partial charge on any atom is -0.379 e. The topological polar surface area (TPSA) is 77.3 Å². The van der Waals surface area contributed by atoms with Crippen LogP contribution in [0, 0.1) is 0 Å². The molecule has 0 aliphatic carbocycles. The first kappa shape index (κ1) is 7.73. The van der Waals surface area contributed by atoms with Crippen molar-refractivity contribution in [3.05, 3.63) is 5.69 Å². The molecular weight excluding hydrogens is 270 g/mol. The van der Waals surface area contributed by atoms with Crippen LogP contribution in [-0.4, -0.2) is 15.5 Å². The lowest BCUT2D eigenvalue weighted by Gasteiger charge is -1.84. The van der Waals surface area contributed by atoms with Crippen molar-refractivity contribution in [3.63, 3.8) is 0 Å². The van der Waals surface area contributed by atoms with E-state index in [2.05, 4.69) is 18.1 Å². The highest BCUT2D eigenvalue weighted by Gasteiger charge is 2.10. The summed E-state index contributed by atoms with van der Waals surface area (Å²) in [7, 11) is 0. The van der Waals surface area contributed by atoms with Crippen molar-refractivity contribution >= 4 is 45.5 Å². The van der Waals surface area contributed by atoms with Crippen LogP contribution in [0.5, 0.6) is 0 Å². The number of hydrogen-bond acceptors (Lipinski definition) is 5. The van der Waals surface area contributed by atoms with Crippen LogP contribution in [0.1, 0.15) is 5.69 Å². The van der Waals surface area contributed by atoms with Gasteiger partial charge < -0.3 is 5.73 Å². The van der Waals surface area contributed by atoms with Crippen LogP contribution in [0.25, 0.3) is 0 Å². The van der Waals surface area contributed by atoms with Crippen molar-refractivity contribution in [2.75, 3.05) is 5.73 Å². The van der Waals surface area contributed by atoms with Gasteiger partial charge in [-0.3, -0.25) is 0 Å². The highest BCUT2D eigenvalue weighted by atomic mass is 127. The normalized spacial score (nSPS) is 12.0. The first-order valence-corrected chi connectivity index (χ1v) is 3.53. The molecule has 0 atom stereocenters. The Morgan fingerprint density at radius 1 is 1.70 bits per heavy atom. The van der Waals surface area contributed by atoms with E-state index < -0.39 is 0 Å². The fourth-order valence-electron chi connectivity index (χ4n) is 0.379. The standard InChI is InChI=1S/C3H2ClIN4O/c4-2(7-5)1-3(6)9-10-8-1/h(H2,6,9)/b7-2-. The van der Waals surface area contributed by atoms with E-state index in [-0.39, 0.29) is 16.7 Å². The molecule has 0 aliphatic rings. The predicted molar refractivity (Wildman–Crippen MR) is 45.1 cm³/mol. The van der Waals surface area contributed by atoms with E-state index in [0.717, 1.165) is 0 Å². The van der Waals surface area contributed by atoms with Crippen LogP contribution in [0.15, 0.2) is 7.83 Å². The molecule has 1 aromatic rings. The van der Waals surface area contributed by atoms with Crippen molar-refractivity contribution in [1.82, 2.24) is 10.3 Å². The summed E-state index contributed by atoms with van der Waals surface area (Å²) in [5, 5.41) is 6.90. The maximum Gasteiger partial charge on any atom is 0.199 e. The zero-order valence-electron chi connectivity index (χ0n) is 4.58. The summed E-state index contributed by atoms with van der Waals surface area (Å²) in [4.78, 5) is 0. The maximum atomic E-state index is 5.54. The maximum absolute atomic E-state index is 5.54. The third-order valence-electron chi connectivity index (χ3n) is 0.784. The Morgan fingerprint density at radius 2 is 2.40 bits per heavy atom. The van der Waals surface area contributed by atoms with Gasteiger partial charge in [0.2, 0.25) is 0 Å². The molecule has 2 N–H and O–H groups in total. The lowest BCUT2D eigenvalue weighted by molar-refractivity contribution is 0.308. The van der Waals surface area contributed by atoms with Gasteiger partial charge in [0.05, 0.1) is 22.9 Å². The minimum atomic E-state index is 0.144. The van der Waals surface area contributed by atoms with Crippen LogP contribution < -0.4 is 5.73 Å². The Kier molecular flexibility index (Phi) is 2.44. The summed E-state index contributed by atoms with van der Waals surface area (Å²) >= 11 is 7.26. The molecule has 1 rings (SSSR count). The number of hydrogen-bond donors (Lipinski definition) is 1. The van der Waals surface area contributed by atoms with Gasteiger partial charge in [-0.1, -0.05) is 11.6 Å². The first-order valence-electron chi connectivity index (χ1n) is 2.18. The second kappa shape index (κ2) is 3.15. The SMILES string of the molecule is Nc1nonc1/C(Cl)=N/I. The average Bonchev–Trinajstić information content (AvgIpc) is 2.34. The molecule has 0 spiro atoms. The van der Waals surface area contributed by atoms with Gasteiger partial charge in [0.1, 0.15) is 0 Å². The van der Waals surface area contributed by atoms with E-state index in [1.807, 2.05) is 0 Å². The van der Waals surface area contributed by atoms with Gasteiger partial charge in [-0.15, -0.1) is 0 Å². The highest BCUT2D eigenvalue weighted by Crippen LogP contribution is 2.09. The average molecular weight is 272 g/mol. The zero-order chi connectivity index (χ0) is 7.56. The third kappa shape index (κ3) is 1.37. The molecule has 54 valence electrons. The highest BCUT2D eigenvalue weighted by molar-refractivity contribution is 14.1. The van der Waals surface area contributed by atoms with Gasteiger partial charge in [0.15, 0.2) is 16.7 Å². The summed E-state index contributed by atoms with van der Waals surface area (Å²) in [6, 6.07) is 0. The van der Waals surface area contributed by atoms with Crippen molar-refractivity contribution in [2.45, 2.75) is 0 Å². The summed E-state index contributed by atoms with van der Waals surface area (Å²) in [6.45, 7) is 0. The molecule has 10 heavy (non-hydrogen) atoms. The molecule has 0 saturated heterocycles. The fraction of sp³-hybridized carbons (Fsp3) is 0. The molecule has 0 bridgehead atoms. The van der Waals surface area contributed by atoms with E-state index in [4.69, 9.17) is 17.3 Å². The first-order chi connectivity index (χ1) is 4.75. The predicted octanol–water partition coefficient (Wildman–Crippen LogP) is 0.987. The monoisotopic (exact) mass is 272 g/mol. The summed E-state index contributed by atoms with van der Waals surface area (Å²) in [5.41, 5.74) is 5.56. The Bertz CT molecular complexity index is 259. The summed E-state index contributed by atoms with van der Waals surface area (Å²) in [6.07, 6.45) is 0. The van der Waals surface area contributed by atoms with E-state index in [1.54, 1.807) is 22.9 Å². The van der Waals surface area contributed by atoms with Crippen LogP contribution in [0.4, 0.5) is 5.82 Å². The number of rotatable bonds is 1. The van der Waals surface area contributed by atoms with Crippen molar-refractivity contribution < 1.29 is 4.63 Å². The molecule has 7 heteroatoms. The summed E-state index contributed by atoms with van der Waals surface area (Å²) in [5.74, 6) is 0.144. The molecule has 0 aliphatic heterocycles. The van der Waals surface area contributed by atoms with Gasteiger partial charge in [-0.25, -0.2) is 7.83 Å². The second-order valence-corrected chi connectivity index (χ2v) is 2.21. The molecule has 0 fully saturated rings. The largest absolute Gasteiger partial charge is 0.379 e. The van der Waals surface area contributed by atoms with Gasteiger partial charge in [0, 0.05) is 0 Å². The number of aromatic nitrogens is 2. The van der Waals surface area contributed by atoms with Gasteiger partial charge in [-0.2, -0.15) is 0 Å². The van der Waals surface area contributed by atoms with Crippen molar-refractivity contribution in [3.8, 4) is 0 Å². The van der Waals surface area contributed by atoms with Crippen molar-refractivity contribution in [1.29, 1.82) is 0 Å². The number of nitrogens with two attached hydrogens (primary N) is 1. The van der Waals surface area contributed by atoms with E-state index in [1.165, 1.54) is 0 Å². The lowest BCUT2D eigenvalue weighted by Crippen LogP contribution is -1.96. The Balaban J connectivity index is 3.05. The van der Waals surface area contributed by atoms with Crippen molar-refractivity contribution in [2.24, 2.45) is 3.21 Å². The van der Waals surface area contributed by atoms with Crippen LogP contribution in [0.3, 0.4) is 0 Å². The molecule has 0 amide bonds. The number of anilines is 1. The van der Waals surface area contributed by atoms with Crippen LogP contribution in [0.2, 0.25) is 0 Å². The second-order valence-electron chi connectivity index (χ2n) is 1.37. The lowest BCUT2D eigenvalue weighted by atomic mass is 10.5. The zero-order valence-corrected chi connectivity index (χ0v) is 7.50. The van der Waals surface area contributed by atoms with Gasteiger partial charge in [-0.05, 0) is 10.3 Å². The van der Waals surface area contributed by atoms with Crippen LogP contribution >= 0.6 is 34.5 Å². The Hall–Kier alpha value is -0.370.